The van der Waals surface area contributed by atoms with E-state index in [0.717, 1.165) is 10.2 Å². The van der Waals surface area contributed by atoms with Crippen LogP contribution in [0.1, 0.15) is 6.92 Å². The SMILES string of the molecule is CCOc1ccc(N(C(=O)Cn2c(=O)cnc3ccccc32)c2nc3ccccc3s2)cc1. The summed E-state index contributed by atoms with van der Waals surface area (Å²) in [7, 11) is 0. The molecular formula is C25H20N4O3S. The molecule has 0 spiro atoms. The van der Waals surface area contributed by atoms with Crippen LogP contribution in [0.2, 0.25) is 0 Å². The van der Waals surface area contributed by atoms with Gasteiger partial charge in [0.2, 0.25) is 0 Å². The summed E-state index contributed by atoms with van der Waals surface area (Å²) in [6.45, 7) is 2.32. The van der Waals surface area contributed by atoms with Gasteiger partial charge in [-0.05, 0) is 55.5 Å². The molecule has 0 aliphatic heterocycles. The van der Waals surface area contributed by atoms with Gasteiger partial charge >= 0.3 is 0 Å². The quantitative estimate of drug-likeness (QED) is 0.368. The van der Waals surface area contributed by atoms with E-state index in [9.17, 15) is 9.59 Å². The van der Waals surface area contributed by atoms with Crippen molar-refractivity contribution in [2.75, 3.05) is 11.5 Å². The van der Waals surface area contributed by atoms with Crippen molar-refractivity contribution < 1.29 is 9.53 Å². The van der Waals surface area contributed by atoms with Crippen LogP contribution in [0.25, 0.3) is 21.3 Å². The van der Waals surface area contributed by atoms with Crippen LogP contribution in [0.3, 0.4) is 0 Å². The summed E-state index contributed by atoms with van der Waals surface area (Å²) in [5.41, 5.74) is 2.38. The highest BCUT2D eigenvalue weighted by molar-refractivity contribution is 7.22. The summed E-state index contributed by atoms with van der Waals surface area (Å²) in [4.78, 5) is 36.7. The first kappa shape index (κ1) is 20.8. The Balaban J connectivity index is 1.59. The minimum absolute atomic E-state index is 0.148. The Morgan fingerprint density at radius 2 is 1.73 bits per heavy atom. The van der Waals surface area contributed by atoms with Gasteiger partial charge in [0.05, 0.1) is 39.7 Å². The molecule has 5 rings (SSSR count). The number of thiazole rings is 1. The number of para-hydroxylation sites is 3. The molecule has 1 amide bonds. The molecule has 3 aromatic carbocycles. The normalized spacial score (nSPS) is 11.1. The molecule has 2 heterocycles. The van der Waals surface area contributed by atoms with Gasteiger partial charge in [-0.1, -0.05) is 35.6 Å². The fourth-order valence-electron chi connectivity index (χ4n) is 3.66. The van der Waals surface area contributed by atoms with Gasteiger partial charge < -0.3 is 4.74 Å². The number of fused-ring (bicyclic) bond motifs is 2. The van der Waals surface area contributed by atoms with E-state index in [0.29, 0.717) is 34.2 Å². The number of ether oxygens (including phenoxy) is 1. The number of carbonyl (C=O) groups excluding carboxylic acids is 1. The maximum Gasteiger partial charge on any atom is 0.269 e. The van der Waals surface area contributed by atoms with Crippen LogP contribution in [-0.4, -0.2) is 27.0 Å². The van der Waals surface area contributed by atoms with Crippen molar-refractivity contribution in [3.05, 3.63) is 89.3 Å². The highest BCUT2D eigenvalue weighted by atomic mass is 32.1. The van der Waals surface area contributed by atoms with E-state index < -0.39 is 0 Å². The molecule has 0 saturated heterocycles. The average molecular weight is 457 g/mol. The second-order valence-corrected chi connectivity index (χ2v) is 8.30. The molecule has 0 aliphatic carbocycles. The van der Waals surface area contributed by atoms with E-state index in [2.05, 4.69) is 9.97 Å². The monoisotopic (exact) mass is 456 g/mol. The molecular weight excluding hydrogens is 436 g/mol. The van der Waals surface area contributed by atoms with Gasteiger partial charge in [-0.15, -0.1) is 0 Å². The number of aromatic nitrogens is 3. The van der Waals surface area contributed by atoms with Crippen LogP contribution in [-0.2, 0) is 11.3 Å². The van der Waals surface area contributed by atoms with Crippen LogP contribution in [0.15, 0.2) is 83.8 Å². The van der Waals surface area contributed by atoms with Crippen molar-refractivity contribution in [2.24, 2.45) is 0 Å². The van der Waals surface area contributed by atoms with Crippen molar-refractivity contribution >= 4 is 49.3 Å². The summed E-state index contributed by atoms with van der Waals surface area (Å²) in [6, 6.07) is 22.3. The lowest BCUT2D eigenvalue weighted by Gasteiger charge is -2.21. The Kier molecular flexibility index (Phi) is 5.58. The number of carbonyl (C=O) groups is 1. The molecule has 0 fully saturated rings. The van der Waals surface area contributed by atoms with Gasteiger partial charge in [0, 0.05) is 0 Å². The fourth-order valence-corrected chi connectivity index (χ4v) is 4.66. The van der Waals surface area contributed by atoms with E-state index in [1.54, 1.807) is 11.0 Å². The topological polar surface area (TPSA) is 77.3 Å². The zero-order valence-corrected chi connectivity index (χ0v) is 18.7. The predicted molar refractivity (Wildman–Crippen MR) is 130 cm³/mol. The first-order valence-electron chi connectivity index (χ1n) is 10.5. The van der Waals surface area contributed by atoms with Crippen molar-refractivity contribution in [3.8, 4) is 5.75 Å². The molecule has 164 valence electrons. The van der Waals surface area contributed by atoms with Crippen molar-refractivity contribution in [1.29, 1.82) is 0 Å². The van der Waals surface area contributed by atoms with Crippen LogP contribution < -0.4 is 15.2 Å². The third-order valence-corrected chi connectivity index (χ3v) is 6.20. The molecule has 0 saturated carbocycles. The van der Waals surface area contributed by atoms with Gasteiger partial charge in [-0.25, -0.2) is 9.97 Å². The van der Waals surface area contributed by atoms with Gasteiger partial charge in [0.1, 0.15) is 12.3 Å². The number of benzene rings is 3. The molecule has 8 heteroatoms. The van der Waals surface area contributed by atoms with Crippen LogP contribution in [0, 0.1) is 0 Å². The first-order chi connectivity index (χ1) is 16.1. The minimum Gasteiger partial charge on any atom is -0.494 e. The number of hydrogen-bond donors (Lipinski definition) is 0. The molecule has 5 aromatic rings. The zero-order valence-electron chi connectivity index (χ0n) is 17.8. The van der Waals surface area contributed by atoms with Crippen molar-refractivity contribution in [1.82, 2.24) is 14.5 Å². The highest BCUT2D eigenvalue weighted by Gasteiger charge is 2.23. The van der Waals surface area contributed by atoms with Crippen LogP contribution in [0.4, 0.5) is 10.8 Å². The second kappa shape index (κ2) is 8.84. The Hall–Kier alpha value is -4.04. The number of anilines is 2. The van der Waals surface area contributed by atoms with Gasteiger partial charge in [-0.2, -0.15) is 0 Å². The number of amides is 1. The summed E-state index contributed by atoms with van der Waals surface area (Å²) in [5, 5.41) is 0.539. The summed E-state index contributed by atoms with van der Waals surface area (Å²) in [6.07, 6.45) is 1.24. The Morgan fingerprint density at radius 1 is 1.00 bits per heavy atom. The smallest absolute Gasteiger partial charge is 0.269 e. The molecule has 0 atom stereocenters. The summed E-state index contributed by atoms with van der Waals surface area (Å²) in [5.74, 6) is 0.436. The fraction of sp³-hybridized carbons (Fsp3) is 0.120. The van der Waals surface area contributed by atoms with E-state index in [4.69, 9.17) is 4.74 Å². The summed E-state index contributed by atoms with van der Waals surface area (Å²) < 4.78 is 7.96. The Labute approximate surface area is 193 Å². The largest absolute Gasteiger partial charge is 0.494 e. The molecule has 0 N–H and O–H groups in total. The second-order valence-electron chi connectivity index (χ2n) is 7.29. The standard InChI is InChI=1S/C25H20N4O3S/c1-2-32-18-13-11-17(12-14-18)29(25-27-20-8-4-6-10-22(20)33-25)24(31)16-28-21-9-5-3-7-19(21)26-15-23(28)30/h3-15H,2,16H2,1H3. The maximum absolute atomic E-state index is 13.7. The summed E-state index contributed by atoms with van der Waals surface area (Å²) >= 11 is 1.42. The van der Waals surface area contributed by atoms with Crippen molar-refractivity contribution in [2.45, 2.75) is 13.5 Å². The molecule has 2 aromatic heterocycles. The molecule has 0 aliphatic rings. The first-order valence-corrected chi connectivity index (χ1v) is 11.3. The minimum atomic E-state index is -0.335. The lowest BCUT2D eigenvalue weighted by atomic mass is 10.2. The number of rotatable bonds is 6. The average Bonchev–Trinajstić information content (AvgIpc) is 3.26. The zero-order chi connectivity index (χ0) is 22.8. The van der Waals surface area contributed by atoms with Crippen LogP contribution in [0.5, 0.6) is 5.75 Å². The number of nitrogens with zero attached hydrogens (tertiary/aromatic N) is 4. The third-order valence-electron chi connectivity index (χ3n) is 5.18. The molecule has 33 heavy (non-hydrogen) atoms. The van der Waals surface area contributed by atoms with E-state index >= 15 is 0 Å². The Morgan fingerprint density at radius 3 is 2.48 bits per heavy atom. The van der Waals surface area contributed by atoms with Crippen LogP contribution >= 0.6 is 11.3 Å². The molecule has 0 unspecified atom stereocenters. The third kappa shape index (κ3) is 4.08. The lowest BCUT2D eigenvalue weighted by molar-refractivity contribution is -0.118. The van der Waals surface area contributed by atoms with E-state index in [-0.39, 0.29) is 18.0 Å². The highest BCUT2D eigenvalue weighted by Crippen LogP contribution is 2.34. The molecule has 7 nitrogen and oxygen atoms in total. The van der Waals surface area contributed by atoms with Gasteiger partial charge in [0.15, 0.2) is 5.13 Å². The van der Waals surface area contributed by atoms with Gasteiger partial charge in [-0.3, -0.25) is 19.1 Å². The molecule has 0 radical (unpaired) electrons. The lowest BCUT2D eigenvalue weighted by Crippen LogP contribution is -2.33. The molecule has 0 bridgehead atoms. The Bertz CT molecular complexity index is 1470. The maximum atomic E-state index is 13.7. The van der Waals surface area contributed by atoms with Crippen molar-refractivity contribution in [3.63, 3.8) is 0 Å². The predicted octanol–water partition coefficient (Wildman–Crippen LogP) is 4.77. The number of hydrogen-bond acceptors (Lipinski definition) is 6. The van der Waals surface area contributed by atoms with E-state index in [1.165, 1.54) is 22.1 Å². The van der Waals surface area contributed by atoms with E-state index in [1.807, 2.05) is 73.7 Å². The van der Waals surface area contributed by atoms with Gasteiger partial charge in [0.25, 0.3) is 11.5 Å².